The van der Waals surface area contributed by atoms with E-state index in [0.29, 0.717) is 31.5 Å². The molecule has 0 spiro atoms. The van der Waals surface area contributed by atoms with E-state index >= 15 is 0 Å². The Morgan fingerprint density at radius 2 is 1.59 bits per heavy atom. The Hall–Kier alpha value is -2.05. The molecule has 1 fully saturated rings. The molecule has 1 aromatic rings. The first-order valence-corrected chi connectivity index (χ1v) is 9.16. The molecule has 1 atom stereocenters. The normalized spacial score (nSPS) is 17.5. The number of carbonyl (C=O) groups excluding carboxylic acids is 2. The summed E-state index contributed by atoms with van der Waals surface area (Å²) in [6, 6.07) is 4.44. The van der Waals surface area contributed by atoms with Gasteiger partial charge in [0.1, 0.15) is 0 Å². The number of hydrogen-bond donors (Lipinski definition) is 1. The van der Waals surface area contributed by atoms with Gasteiger partial charge in [-0.25, -0.2) is 0 Å². The second-order valence-electron chi connectivity index (χ2n) is 8.17. The predicted octanol–water partition coefficient (Wildman–Crippen LogP) is 4.17. The number of carbonyl (C=O) groups is 2. The number of amides is 2. The molecule has 1 aliphatic rings. The van der Waals surface area contributed by atoms with Crippen molar-refractivity contribution < 1.29 is 22.8 Å². The number of nitrogens with zero attached hydrogens (tertiary/aromatic N) is 1. The zero-order chi connectivity index (χ0) is 20.4. The van der Waals surface area contributed by atoms with E-state index in [-0.39, 0.29) is 23.8 Å². The van der Waals surface area contributed by atoms with Gasteiger partial charge < -0.3 is 10.2 Å². The summed E-state index contributed by atoms with van der Waals surface area (Å²) in [5, 5.41) is 2.87. The molecule has 1 unspecified atom stereocenters. The Morgan fingerprint density at radius 3 is 2.04 bits per heavy atom. The summed E-state index contributed by atoms with van der Waals surface area (Å²) in [5.41, 5.74) is -0.524. The van der Waals surface area contributed by atoms with Crippen LogP contribution in [0.4, 0.5) is 13.2 Å². The lowest BCUT2D eigenvalue weighted by molar-refractivity contribution is -0.142. The van der Waals surface area contributed by atoms with Crippen LogP contribution >= 0.6 is 0 Å². The number of halogens is 3. The average Bonchev–Trinajstić information content (AvgIpc) is 2.59. The molecule has 0 bridgehead atoms. The molecular weight excluding hydrogens is 357 g/mol. The van der Waals surface area contributed by atoms with Gasteiger partial charge in [-0.15, -0.1) is 0 Å². The number of piperidine rings is 1. The Labute approximate surface area is 158 Å². The van der Waals surface area contributed by atoms with Gasteiger partial charge in [-0.2, -0.15) is 13.2 Å². The van der Waals surface area contributed by atoms with E-state index in [4.69, 9.17) is 0 Å². The van der Waals surface area contributed by atoms with Gasteiger partial charge in [0, 0.05) is 24.4 Å². The highest BCUT2D eigenvalue weighted by Crippen LogP contribution is 2.30. The Balaban J connectivity index is 1.89. The van der Waals surface area contributed by atoms with Gasteiger partial charge in [-0.05, 0) is 37.5 Å². The van der Waals surface area contributed by atoms with Crippen molar-refractivity contribution in [3.8, 4) is 0 Å². The molecule has 0 radical (unpaired) electrons. The van der Waals surface area contributed by atoms with Crippen molar-refractivity contribution in [3.63, 3.8) is 0 Å². The van der Waals surface area contributed by atoms with Crippen LogP contribution in [0.1, 0.15) is 57.7 Å². The molecule has 4 nitrogen and oxygen atoms in total. The molecule has 1 heterocycles. The minimum absolute atomic E-state index is 0.0829. The number of benzene rings is 1. The first-order chi connectivity index (χ1) is 12.4. The van der Waals surface area contributed by atoms with Crippen molar-refractivity contribution in [2.24, 2.45) is 11.3 Å². The number of hydrogen-bond acceptors (Lipinski definition) is 2. The van der Waals surface area contributed by atoms with Crippen LogP contribution in [0.5, 0.6) is 0 Å². The molecule has 0 aromatic heterocycles. The van der Waals surface area contributed by atoms with Crippen LogP contribution in [-0.4, -0.2) is 29.8 Å². The van der Waals surface area contributed by atoms with E-state index in [1.807, 2.05) is 20.8 Å². The lowest BCUT2D eigenvalue weighted by atomic mass is 9.90. The number of rotatable bonds is 3. The molecule has 0 saturated carbocycles. The van der Waals surface area contributed by atoms with Crippen LogP contribution < -0.4 is 5.32 Å². The van der Waals surface area contributed by atoms with Crippen LogP contribution in [0.2, 0.25) is 0 Å². The standard InChI is InChI=1S/C20H27F3N2O2/c1-13(14-5-7-16(8-6-14)20(21,22)23)24-17(26)15-9-11-25(12-10-15)18(27)19(2,3)4/h5-8,13,15H,9-12H2,1-4H3,(H,24,26). The molecule has 150 valence electrons. The van der Waals surface area contributed by atoms with Crippen LogP contribution in [0.3, 0.4) is 0 Å². The number of likely N-dealkylation sites (tertiary alicyclic amines) is 1. The summed E-state index contributed by atoms with van der Waals surface area (Å²) in [4.78, 5) is 26.6. The Bertz CT molecular complexity index is 670. The molecular formula is C20H27F3N2O2. The Kier molecular flexibility index (Phi) is 6.22. The topological polar surface area (TPSA) is 49.4 Å². The lowest BCUT2D eigenvalue weighted by Gasteiger charge is -2.35. The minimum atomic E-state index is -4.37. The monoisotopic (exact) mass is 384 g/mol. The first-order valence-electron chi connectivity index (χ1n) is 9.16. The maximum Gasteiger partial charge on any atom is 0.416 e. The van der Waals surface area contributed by atoms with Crippen LogP contribution in [0.25, 0.3) is 0 Å². The summed E-state index contributed by atoms with van der Waals surface area (Å²) in [6.07, 6.45) is -3.19. The third-order valence-electron chi connectivity index (χ3n) is 4.89. The minimum Gasteiger partial charge on any atom is -0.349 e. The second-order valence-corrected chi connectivity index (χ2v) is 8.17. The maximum absolute atomic E-state index is 12.6. The maximum atomic E-state index is 12.6. The fourth-order valence-corrected chi connectivity index (χ4v) is 3.19. The van der Waals surface area contributed by atoms with Gasteiger partial charge in [0.2, 0.25) is 11.8 Å². The third kappa shape index (κ3) is 5.47. The van der Waals surface area contributed by atoms with Crippen LogP contribution in [0, 0.1) is 11.3 Å². The average molecular weight is 384 g/mol. The molecule has 1 N–H and O–H groups in total. The van der Waals surface area contributed by atoms with Crippen molar-refractivity contribution >= 4 is 11.8 Å². The Morgan fingerprint density at radius 1 is 1.07 bits per heavy atom. The zero-order valence-corrected chi connectivity index (χ0v) is 16.2. The van der Waals surface area contributed by atoms with Gasteiger partial charge >= 0.3 is 6.18 Å². The molecule has 1 aliphatic heterocycles. The van der Waals surface area contributed by atoms with Crippen molar-refractivity contribution in [2.45, 2.75) is 52.8 Å². The second kappa shape index (κ2) is 7.90. The van der Waals surface area contributed by atoms with E-state index in [9.17, 15) is 22.8 Å². The number of alkyl halides is 3. The molecule has 2 amide bonds. The highest BCUT2D eigenvalue weighted by atomic mass is 19.4. The van der Waals surface area contributed by atoms with Crippen molar-refractivity contribution in [1.82, 2.24) is 10.2 Å². The smallest absolute Gasteiger partial charge is 0.349 e. The molecule has 2 rings (SSSR count). The molecule has 27 heavy (non-hydrogen) atoms. The van der Waals surface area contributed by atoms with Gasteiger partial charge in [-0.1, -0.05) is 32.9 Å². The zero-order valence-electron chi connectivity index (χ0n) is 16.2. The van der Waals surface area contributed by atoms with E-state index in [1.54, 1.807) is 11.8 Å². The SMILES string of the molecule is CC(NC(=O)C1CCN(C(=O)C(C)(C)C)CC1)c1ccc(C(F)(F)F)cc1. The highest BCUT2D eigenvalue weighted by Gasteiger charge is 2.33. The summed E-state index contributed by atoms with van der Waals surface area (Å²) >= 11 is 0. The van der Waals surface area contributed by atoms with Gasteiger partial charge in [0.25, 0.3) is 0 Å². The lowest BCUT2D eigenvalue weighted by Crippen LogP contribution is -2.46. The highest BCUT2D eigenvalue weighted by molar-refractivity contribution is 5.82. The van der Waals surface area contributed by atoms with Gasteiger partial charge in [0.15, 0.2) is 0 Å². The van der Waals surface area contributed by atoms with Crippen LogP contribution in [-0.2, 0) is 15.8 Å². The van der Waals surface area contributed by atoms with E-state index in [0.717, 1.165) is 12.1 Å². The van der Waals surface area contributed by atoms with E-state index < -0.39 is 17.2 Å². The van der Waals surface area contributed by atoms with E-state index in [1.165, 1.54) is 12.1 Å². The van der Waals surface area contributed by atoms with E-state index in [2.05, 4.69) is 5.32 Å². The van der Waals surface area contributed by atoms with Crippen molar-refractivity contribution in [3.05, 3.63) is 35.4 Å². The summed E-state index contributed by atoms with van der Waals surface area (Å²) in [7, 11) is 0. The first kappa shape index (κ1) is 21.3. The predicted molar refractivity (Wildman–Crippen MR) is 96.8 cm³/mol. The summed E-state index contributed by atoms with van der Waals surface area (Å²) in [6.45, 7) is 8.46. The van der Waals surface area contributed by atoms with Gasteiger partial charge in [0.05, 0.1) is 11.6 Å². The van der Waals surface area contributed by atoms with Crippen molar-refractivity contribution in [1.29, 1.82) is 0 Å². The molecule has 0 aliphatic carbocycles. The largest absolute Gasteiger partial charge is 0.416 e. The quantitative estimate of drug-likeness (QED) is 0.850. The number of nitrogens with one attached hydrogen (secondary N) is 1. The third-order valence-corrected chi connectivity index (χ3v) is 4.89. The molecule has 7 heteroatoms. The van der Waals surface area contributed by atoms with Gasteiger partial charge in [-0.3, -0.25) is 9.59 Å². The summed E-state index contributed by atoms with van der Waals surface area (Å²) < 4.78 is 37.9. The molecule has 1 saturated heterocycles. The van der Waals surface area contributed by atoms with Crippen molar-refractivity contribution in [2.75, 3.05) is 13.1 Å². The molecule has 1 aromatic carbocycles. The van der Waals surface area contributed by atoms with Crippen LogP contribution in [0.15, 0.2) is 24.3 Å². The summed E-state index contributed by atoms with van der Waals surface area (Å²) in [5.74, 6) is -0.226. The fourth-order valence-electron chi connectivity index (χ4n) is 3.19. The fraction of sp³-hybridized carbons (Fsp3) is 0.600.